The van der Waals surface area contributed by atoms with E-state index in [1.807, 2.05) is 60.7 Å². The molecule has 0 saturated heterocycles. The number of para-hydroxylation sites is 2. The van der Waals surface area contributed by atoms with Crippen LogP contribution in [-0.4, -0.2) is 22.9 Å². The summed E-state index contributed by atoms with van der Waals surface area (Å²) in [4.78, 5) is 20.8. The minimum Gasteiger partial charge on any atom is -0.496 e. The second kappa shape index (κ2) is 8.61. The number of methoxy groups -OCH3 is 1. The third-order valence-electron chi connectivity index (χ3n) is 4.79. The number of ether oxygens (including phenoxy) is 1. The molecule has 2 N–H and O–H groups in total. The first-order chi connectivity index (χ1) is 14.6. The highest BCUT2D eigenvalue weighted by molar-refractivity contribution is 5.94. The smallest absolute Gasteiger partial charge is 0.229 e. The van der Waals surface area contributed by atoms with Gasteiger partial charge in [0.2, 0.25) is 5.95 Å². The van der Waals surface area contributed by atoms with E-state index in [0.29, 0.717) is 18.1 Å². The molecule has 0 bridgehead atoms. The van der Waals surface area contributed by atoms with Gasteiger partial charge in [0.1, 0.15) is 11.6 Å². The molecule has 0 aliphatic carbocycles. The summed E-state index contributed by atoms with van der Waals surface area (Å²) in [6.07, 6.45) is 0. The third kappa shape index (κ3) is 4.22. The first-order valence-corrected chi connectivity index (χ1v) is 9.64. The van der Waals surface area contributed by atoms with Gasteiger partial charge in [-0.1, -0.05) is 30.3 Å². The zero-order valence-electron chi connectivity index (χ0n) is 16.8. The van der Waals surface area contributed by atoms with Gasteiger partial charge in [-0.15, -0.1) is 0 Å². The van der Waals surface area contributed by atoms with Gasteiger partial charge in [-0.25, -0.2) is 4.98 Å². The van der Waals surface area contributed by atoms with Crippen LogP contribution < -0.4 is 15.4 Å². The van der Waals surface area contributed by atoms with Gasteiger partial charge >= 0.3 is 0 Å². The summed E-state index contributed by atoms with van der Waals surface area (Å²) in [7, 11) is 1.67. The van der Waals surface area contributed by atoms with Gasteiger partial charge in [-0.2, -0.15) is 4.98 Å². The molecule has 0 unspecified atom stereocenters. The minimum atomic E-state index is 0.0336. The maximum absolute atomic E-state index is 11.5. The van der Waals surface area contributed by atoms with Crippen molar-refractivity contribution in [2.24, 2.45) is 0 Å². The molecule has 0 saturated carbocycles. The van der Waals surface area contributed by atoms with E-state index in [9.17, 15) is 4.79 Å². The zero-order chi connectivity index (χ0) is 20.9. The second-order valence-corrected chi connectivity index (χ2v) is 6.84. The topological polar surface area (TPSA) is 76.1 Å². The molecule has 4 aromatic rings. The molecule has 0 aliphatic heterocycles. The molecule has 150 valence electrons. The van der Waals surface area contributed by atoms with Crippen LogP contribution in [0.4, 0.5) is 17.5 Å². The SMILES string of the molecule is COc1ccccc1CNc1nc(Nc2ccc(C(C)=O)cc2)nc2ccccc12. The monoisotopic (exact) mass is 398 g/mol. The summed E-state index contributed by atoms with van der Waals surface area (Å²) in [5, 5.41) is 7.57. The van der Waals surface area contributed by atoms with Crippen molar-refractivity contribution in [3.8, 4) is 5.75 Å². The number of hydrogen-bond acceptors (Lipinski definition) is 6. The largest absolute Gasteiger partial charge is 0.496 e. The quantitative estimate of drug-likeness (QED) is 0.417. The van der Waals surface area contributed by atoms with Crippen LogP contribution in [0.25, 0.3) is 10.9 Å². The number of hydrogen-bond donors (Lipinski definition) is 2. The first-order valence-electron chi connectivity index (χ1n) is 9.64. The van der Waals surface area contributed by atoms with Crippen molar-refractivity contribution in [1.29, 1.82) is 0 Å². The molecule has 0 fully saturated rings. The fraction of sp³-hybridized carbons (Fsp3) is 0.125. The highest BCUT2D eigenvalue weighted by atomic mass is 16.5. The molecular weight excluding hydrogens is 376 g/mol. The van der Waals surface area contributed by atoms with Crippen molar-refractivity contribution >= 4 is 34.1 Å². The van der Waals surface area contributed by atoms with Crippen LogP contribution in [-0.2, 0) is 6.54 Å². The lowest BCUT2D eigenvalue weighted by Gasteiger charge is -2.13. The molecule has 1 aromatic heterocycles. The highest BCUT2D eigenvalue weighted by Crippen LogP contribution is 2.25. The van der Waals surface area contributed by atoms with E-state index in [4.69, 9.17) is 4.74 Å². The van der Waals surface area contributed by atoms with Crippen LogP contribution in [0.5, 0.6) is 5.75 Å². The lowest BCUT2D eigenvalue weighted by Crippen LogP contribution is -2.06. The van der Waals surface area contributed by atoms with Crippen LogP contribution in [0, 0.1) is 0 Å². The number of Topliss-reactive ketones (excluding diaryl/α,β-unsaturated/α-hetero) is 1. The average molecular weight is 398 g/mol. The highest BCUT2D eigenvalue weighted by Gasteiger charge is 2.09. The number of rotatable bonds is 7. The Bertz CT molecular complexity index is 1190. The lowest BCUT2D eigenvalue weighted by atomic mass is 10.1. The molecule has 0 aliphatic rings. The molecule has 1 heterocycles. The lowest BCUT2D eigenvalue weighted by molar-refractivity contribution is 0.101. The van der Waals surface area contributed by atoms with Crippen molar-refractivity contribution in [2.75, 3.05) is 17.7 Å². The Hall–Kier alpha value is -3.93. The zero-order valence-corrected chi connectivity index (χ0v) is 16.8. The van der Waals surface area contributed by atoms with E-state index in [1.54, 1.807) is 26.2 Å². The van der Waals surface area contributed by atoms with Gasteiger partial charge in [0, 0.05) is 28.7 Å². The fourth-order valence-electron chi connectivity index (χ4n) is 3.21. The van der Waals surface area contributed by atoms with E-state index in [-0.39, 0.29) is 5.78 Å². The molecule has 0 atom stereocenters. The second-order valence-electron chi connectivity index (χ2n) is 6.84. The molecule has 0 radical (unpaired) electrons. The van der Waals surface area contributed by atoms with Crippen LogP contribution >= 0.6 is 0 Å². The summed E-state index contributed by atoms with van der Waals surface area (Å²) in [6.45, 7) is 2.12. The summed E-state index contributed by atoms with van der Waals surface area (Å²) in [5.74, 6) is 2.07. The van der Waals surface area contributed by atoms with Crippen LogP contribution in [0.3, 0.4) is 0 Å². The van der Waals surface area contributed by atoms with E-state index in [0.717, 1.165) is 33.7 Å². The van der Waals surface area contributed by atoms with Crippen molar-refractivity contribution in [2.45, 2.75) is 13.5 Å². The molecule has 6 nitrogen and oxygen atoms in total. The van der Waals surface area contributed by atoms with Gasteiger partial charge in [0.25, 0.3) is 0 Å². The number of aromatic nitrogens is 2. The van der Waals surface area contributed by atoms with Crippen molar-refractivity contribution in [3.05, 3.63) is 83.9 Å². The fourth-order valence-corrected chi connectivity index (χ4v) is 3.21. The van der Waals surface area contributed by atoms with Crippen LogP contribution in [0.2, 0.25) is 0 Å². The Morgan fingerprint density at radius 2 is 1.67 bits per heavy atom. The number of nitrogens with one attached hydrogen (secondary N) is 2. The van der Waals surface area contributed by atoms with Gasteiger partial charge < -0.3 is 15.4 Å². The van der Waals surface area contributed by atoms with Gasteiger partial charge in [-0.3, -0.25) is 4.79 Å². The summed E-state index contributed by atoms with van der Waals surface area (Å²) < 4.78 is 5.44. The molecule has 3 aromatic carbocycles. The number of carbonyl (C=O) groups is 1. The molecule has 6 heteroatoms. The minimum absolute atomic E-state index is 0.0336. The third-order valence-corrected chi connectivity index (χ3v) is 4.79. The average Bonchev–Trinajstić information content (AvgIpc) is 2.78. The number of ketones is 1. The Morgan fingerprint density at radius 1 is 0.933 bits per heavy atom. The maximum atomic E-state index is 11.5. The van der Waals surface area contributed by atoms with Crippen molar-refractivity contribution in [1.82, 2.24) is 9.97 Å². The van der Waals surface area contributed by atoms with Gasteiger partial charge in [-0.05, 0) is 49.4 Å². The Balaban J connectivity index is 1.63. The normalized spacial score (nSPS) is 10.6. The van der Waals surface area contributed by atoms with Crippen molar-refractivity contribution in [3.63, 3.8) is 0 Å². The molecule has 0 spiro atoms. The van der Waals surface area contributed by atoms with E-state index in [2.05, 4.69) is 20.6 Å². The standard InChI is InChI=1S/C24H22N4O2/c1-16(29)17-11-13-19(14-12-17)26-24-27-21-9-5-4-8-20(21)23(28-24)25-15-18-7-3-6-10-22(18)30-2/h3-14H,15H2,1-2H3,(H2,25,26,27,28). The number of carbonyl (C=O) groups excluding carboxylic acids is 1. The molecule has 30 heavy (non-hydrogen) atoms. The van der Waals surface area contributed by atoms with E-state index in [1.165, 1.54) is 0 Å². The summed E-state index contributed by atoms with van der Waals surface area (Å²) in [6, 6.07) is 23.0. The van der Waals surface area contributed by atoms with Crippen LogP contribution in [0.1, 0.15) is 22.8 Å². The maximum Gasteiger partial charge on any atom is 0.229 e. The number of anilines is 3. The Labute approximate surface area is 175 Å². The van der Waals surface area contributed by atoms with Gasteiger partial charge in [0.15, 0.2) is 5.78 Å². The molecule has 0 amide bonds. The van der Waals surface area contributed by atoms with E-state index < -0.39 is 0 Å². The number of fused-ring (bicyclic) bond motifs is 1. The van der Waals surface area contributed by atoms with E-state index >= 15 is 0 Å². The molecular formula is C24H22N4O2. The van der Waals surface area contributed by atoms with Crippen LogP contribution in [0.15, 0.2) is 72.8 Å². The molecule has 4 rings (SSSR count). The van der Waals surface area contributed by atoms with Gasteiger partial charge in [0.05, 0.1) is 12.6 Å². The Kier molecular flexibility index (Phi) is 5.57. The van der Waals surface area contributed by atoms with Crippen molar-refractivity contribution < 1.29 is 9.53 Å². The summed E-state index contributed by atoms with van der Waals surface area (Å²) in [5.41, 5.74) is 3.35. The Morgan fingerprint density at radius 3 is 2.43 bits per heavy atom. The number of benzene rings is 3. The first kappa shape index (κ1) is 19.4. The number of nitrogens with zero attached hydrogens (tertiary/aromatic N) is 2. The predicted molar refractivity (Wildman–Crippen MR) is 120 cm³/mol. The predicted octanol–water partition coefficient (Wildman–Crippen LogP) is 5.20. The summed E-state index contributed by atoms with van der Waals surface area (Å²) >= 11 is 0.